The first kappa shape index (κ1) is 11.1. The summed E-state index contributed by atoms with van der Waals surface area (Å²) in [4.78, 5) is 10.7. The van der Waals surface area contributed by atoms with Crippen molar-refractivity contribution in [1.29, 1.82) is 0 Å². The highest BCUT2D eigenvalue weighted by Crippen LogP contribution is 2.31. The van der Waals surface area contributed by atoms with Gasteiger partial charge in [0.1, 0.15) is 11.3 Å². The first-order valence-electron chi connectivity index (χ1n) is 4.65. The number of fused-ring (bicyclic) bond motifs is 1. The van der Waals surface area contributed by atoms with Gasteiger partial charge >= 0.3 is 4.94 Å². The summed E-state index contributed by atoms with van der Waals surface area (Å²) in [6.45, 7) is 0.0796. The van der Waals surface area contributed by atoms with Gasteiger partial charge in [-0.1, -0.05) is 11.3 Å². The molecule has 0 amide bonds. The molecule has 1 unspecified atom stereocenters. The molecule has 0 spiro atoms. The highest BCUT2D eigenvalue weighted by Gasteiger charge is 2.15. The van der Waals surface area contributed by atoms with Crippen LogP contribution in [-0.2, 0) is 0 Å². The van der Waals surface area contributed by atoms with Crippen LogP contribution < -0.4 is 15.4 Å². The Morgan fingerprint density at radius 2 is 2.38 bits per heavy atom. The van der Waals surface area contributed by atoms with Crippen LogP contribution >= 0.6 is 11.3 Å². The van der Waals surface area contributed by atoms with Gasteiger partial charge in [-0.25, -0.2) is 4.79 Å². The summed E-state index contributed by atoms with van der Waals surface area (Å²) in [5.74, 6) is 0.502. The zero-order valence-corrected chi connectivity index (χ0v) is 9.41. The fraction of sp³-hybridized carbons (Fsp3) is 0.300. The number of ether oxygens (including phenoxy) is 1. The van der Waals surface area contributed by atoms with Crippen molar-refractivity contribution in [3.63, 3.8) is 0 Å². The van der Waals surface area contributed by atoms with Crippen LogP contribution in [0.5, 0.6) is 5.75 Å². The van der Waals surface area contributed by atoms with Gasteiger partial charge in [-0.15, -0.1) is 0 Å². The van der Waals surface area contributed by atoms with Crippen LogP contribution in [0.4, 0.5) is 0 Å². The fourth-order valence-corrected chi connectivity index (χ4v) is 2.16. The molecule has 1 aromatic carbocycles. The van der Waals surface area contributed by atoms with Gasteiger partial charge in [0.2, 0.25) is 0 Å². The summed E-state index contributed by atoms with van der Waals surface area (Å²) in [5, 5.41) is 9.69. The molecule has 16 heavy (non-hydrogen) atoms. The molecule has 5 nitrogen and oxygen atoms in total. The third-order valence-electron chi connectivity index (χ3n) is 2.26. The van der Waals surface area contributed by atoms with E-state index >= 15 is 0 Å². The fourth-order valence-electron chi connectivity index (χ4n) is 1.48. The predicted molar refractivity (Wildman–Crippen MR) is 60.9 cm³/mol. The van der Waals surface area contributed by atoms with Gasteiger partial charge in [-0.3, -0.25) is 0 Å². The van der Waals surface area contributed by atoms with E-state index in [1.807, 2.05) is 0 Å². The van der Waals surface area contributed by atoms with E-state index in [2.05, 4.69) is 0 Å². The van der Waals surface area contributed by atoms with Crippen LogP contribution in [0.15, 0.2) is 21.3 Å². The number of benzene rings is 1. The highest BCUT2D eigenvalue weighted by atomic mass is 32.1. The van der Waals surface area contributed by atoms with Gasteiger partial charge in [0.25, 0.3) is 0 Å². The standard InChI is InChI=1S/C10H11NO4S/c1-14-7-3-9-8(15-10(13)16-9)2-5(7)6(12)4-11/h2-3,6,12H,4,11H2,1H3. The van der Waals surface area contributed by atoms with Gasteiger partial charge < -0.3 is 20.0 Å². The Labute approximate surface area is 95.1 Å². The van der Waals surface area contributed by atoms with Crippen molar-refractivity contribution < 1.29 is 14.3 Å². The summed E-state index contributed by atoms with van der Waals surface area (Å²) >= 11 is 0.995. The Hall–Kier alpha value is -1.37. The van der Waals surface area contributed by atoms with Gasteiger partial charge in [-0.2, -0.15) is 0 Å². The minimum Gasteiger partial charge on any atom is -0.496 e. The third-order valence-corrected chi connectivity index (χ3v) is 3.05. The van der Waals surface area contributed by atoms with Crippen LogP contribution in [-0.4, -0.2) is 18.8 Å². The minimum absolute atomic E-state index is 0.0796. The molecule has 2 rings (SSSR count). The van der Waals surface area contributed by atoms with Crippen molar-refractivity contribution in [3.8, 4) is 5.75 Å². The zero-order valence-electron chi connectivity index (χ0n) is 8.60. The van der Waals surface area contributed by atoms with E-state index < -0.39 is 6.10 Å². The quantitative estimate of drug-likeness (QED) is 0.832. The Balaban J connectivity index is 2.66. The van der Waals surface area contributed by atoms with Crippen molar-refractivity contribution in [3.05, 3.63) is 27.4 Å². The van der Waals surface area contributed by atoms with E-state index in [1.165, 1.54) is 7.11 Å². The van der Waals surface area contributed by atoms with E-state index in [0.717, 1.165) is 11.3 Å². The second-order valence-corrected chi connectivity index (χ2v) is 4.22. The molecule has 1 aromatic heterocycles. The number of methoxy groups -OCH3 is 1. The van der Waals surface area contributed by atoms with Crippen molar-refractivity contribution >= 4 is 21.6 Å². The Morgan fingerprint density at radius 3 is 3.00 bits per heavy atom. The molecule has 0 saturated heterocycles. The molecule has 0 fully saturated rings. The van der Waals surface area contributed by atoms with Crippen LogP contribution in [0, 0.1) is 0 Å². The molecule has 0 saturated carbocycles. The van der Waals surface area contributed by atoms with Crippen LogP contribution in [0.2, 0.25) is 0 Å². The molecule has 86 valence electrons. The van der Waals surface area contributed by atoms with Gasteiger partial charge in [0, 0.05) is 18.2 Å². The number of aliphatic hydroxyl groups excluding tert-OH is 1. The Bertz CT molecular complexity index is 559. The van der Waals surface area contributed by atoms with Crippen molar-refractivity contribution in [1.82, 2.24) is 0 Å². The molecule has 0 aliphatic heterocycles. The minimum atomic E-state index is -0.829. The molecule has 0 aliphatic rings. The maximum Gasteiger partial charge on any atom is 0.396 e. The third kappa shape index (κ3) is 1.82. The number of aliphatic hydroxyl groups is 1. The average molecular weight is 241 g/mol. The molecule has 0 bridgehead atoms. The molecule has 6 heteroatoms. The summed E-state index contributed by atoms with van der Waals surface area (Å²) in [5.41, 5.74) is 6.35. The van der Waals surface area contributed by atoms with Crippen LogP contribution in [0.25, 0.3) is 10.3 Å². The zero-order chi connectivity index (χ0) is 11.7. The number of rotatable bonds is 3. The summed E-state index contributed by atoms with van der Waals surface area (Å²) in [6.07, 6.45) is -0.829. The van der Waals surface area contributed by atoms with E-state index in [0.29, 0.717) is 21.6 Å². The number of nitrogens with two attached hydrogens (primary N) is 1. The van der Waals surface area contributed by atoms with Gasteiger partial charge in [0.15, 0.2) is 0 Å². The number of hydrogen-bond donors (Lipinski definition) is 2. The first-order valence-corrected chi connectivity index (χ1v) is 5.47. The molecular formula is C10H11NO4S. The second-order valence-electron chi connectivity index (χ2n) is 3.25. The van der Waals surface area contributed by atoms with Crippen molar-refractivity contribution in [2.24, 2.45) is 5.73 Å². The van der Waals surface area contributed by atoms with Crippen LogP contribution in [0.1, 0.15) is 11.7 Å². The monoisotopic (exact) mass is 241 g/mol. The predicted octanol–water partition coefficient (Wildman–Crippen LogP) is 0.855. The van der Waals surface area contributed by atoms with E-state index in [4.69, 9.17) is 14.9 Å². The lowest BCUT2D eigenvalue weighted by Gasteiger charge is -2.12. The molecular weight excluding hydrogens is 230 g/mol. The summed E-state index contributed by atoms with van der Waals surface area (Å²) < 4.78 is 10.8. The lowest BCUT2D eigenvalue weighted by atomic mass is 10.1. The summed E-state index contributed by atoms with van der Waals surface area (Å²) in [6, 6.07) is 3.25. The molecule has 0 radical (unpaired) electrons. The largest absolute Gasteiger partial charge is 0.496 e. The average Bonchev–Trinajstić information content (AvgIpc) is 2.65. The Morgan fingerprint density at radius 1 is 1.62 bits per heavy atom. The van der Waals surface area contributed by atoms with E-state index in [-0.39, 0.29) is 11.5 Å². The maximum absolute atomic E-state index is 11.1. The van der Waals surface area contributed by atoms with Gasteiger partial charge in [-0.05, 0) is 6.07 Å². The lowest BCUT2D eigenvalue weighted by Crippen LogP contribution is -2.12. The Kier molecular flexibility index (Phi) is 2.95. The smallest absolute Gasteiger partial charge is 0.396 e. The van der Waals surface area contributed by atoms with E-state index in [9.17, 15) is 9.90 Å². The second kappa shape index (κ2) is 4.25. The molecule has 1 atom stereocenters. The highest BCUT2D eigenvalue weighted by molar-refractivity contribution is 7.16. The maximum atomic E-state index is 11.1. The molecule has 0 aliphatic carbocycles. The molecule has 1 heterocycles. The molecule has 2 aromatic rings. The summed E-state index contributed by atoms with van der Waals surface area (Å²) in [7, 11) is 1.50. The van der Waals surface area contributed by atoms with E-state index in [1.54, 1.807) is 12.1 Å². The normalized spacial score (nSPS) is 12.9. The van der Waals surface area contributed by atoms with Gasteiger partial charge in [0.05, 0.1) is 17.9 Å². The van der Waals surface area contributed by atoms with Crippen LogP contribution in [0.3, 0.4) is 0 Å². The number of hydrogen-bond acceptors (Lipinski definition) is 6. The van der Waals surface area contributed by atoms with Crippen molar-refractivity contribution in [2.75, 3.05) is 13.7 Å². The first-order chi connectivity index (χ1) is 7.65. The van der Waals surface area contributed by atoms with Crippen molar-refractivity contribution in [2.45, 2.75) is 6.10 Å². The molecule has 3 N–H and O–H groups in total. The SMILES string of the molecule is COc1cc2sc(=O)oc2cc1C(O)CN. The topological polar surface area (TPSA) is 85.7 Å². The lowest BCUT2D eigenvalue weighted by molar-refractivity contribution is 0.182.